The molecule has 2 aromatic carbocycles. The van der Waals surface area contributed by atoms with Gasteiger partial charge in [-0.05, 0) is 43.7 Å². The number of rotatable bonds is 1. The topological polar surface area (TPSA) is 25.2 Å². The number of aromatic nitrogens is 1. The van der Waals surface area contributed by atoms with Gasteiger partial charge in [-0.15, -0.1) is 0 Å². The summed E-state index contributed by atoms with van der Waals surface area (Å²) in [5.41, 5.74) is 4.34. The molecule has 2 heterocycles. The molecule has 0 atom stereocenters. The lowest BCUT2D eigenvalue weighted by atomic mass is 9.66. The molecule has 1 aliphatic rings. The van der Waals surface area contributed by atoms with Gasteiger partial charge >= 0.3 is 0 Å². The summed E-state index contributed by atoms with van der Waals surface area (Å²) in [6, 6.07) is 17.0. The summed E-state index contributed by atoms with van der Waals surface area (Å²) in [6.45, 7) is 8.78. The Labute approximate surface area is 147 Å². The molecule has 0 saturated carbocycles. The van der Waals surface area contributed by atoms with Gasteiger partial charge in [0.2, 0.25) is 0 Å². The number of halogens is 1. The Morgan fingerprint density at radius 1 is 0.840 bits per heavy atom. The lowest BCUT2D eigenvalue weighted by molar-refractivity contribution is 0.303. The highest BCUT2D eigenvalue weighted by Crippen LogP contribution is 2.43. The quantitative estimate of drug-likeness (QED) is 0.595. The zero-order chi connectivity index (χ0) is 17.8. The van der Waals surface area contributed by atoms with Gasteiger partial charge in [0.1, 0.15) is 5.82 Å². The minimum absolute atomic E-state index is 0.0873. The summed E-state index contributed by atoms with van der Waals surface area (Å²) < 4.78 is 14.0. The number of hydrogen-bond acceptors (Lipinski definition) is 2. The van der Waals surface area contributed by atoms with Crippen molar-refractivity contribution >= 4 is 16.6 Å². The molecule has 2 nitrogen and oxygen atoms in total. The molecule has 0 unspecified atom stereocenters. The van der Waals surface area contributed by atoms with E-state index in [0.717, 1.165) is 17.0 Å². The second-order valence-electron chi connectivity index (χ2n) is 7.69. The third-order valence-electron chi connectivity index (χ3n) is 5.70. The van der Waals surface area contributed by atoms with Crippen LogP contribution >= 0.6 is 0 Å². The highest BCUT2D eigenvalue weighted by atomic mass is 19.1. The van der Waals surface area contributed by atoms with E-state index < -0.39 is 0 Å². The molecule has 1 aliphatic heterocycles. The third-order valence-corrected chi connectivity index (χ3v) is 5.70. The predicted molar refractivity (Wildman–Crippen MR) is 101 cm³/mol. The second kappa shape index (κ2) is 5.22. The van der Waals surface area contributed by atoms with E-state index in [0.29, 0.717) is 10.9 Å². The largest absolute Gasteiger partial charge is 0.275 e. The van der Waals surface area contributed by atoms with Gasteiger partial charge in [0, 0.05) is 16.4 Å². The molecule has 4 rings (SSSR count). The Hall–Kier alpha value is -2.55. The van der Waals surface area contributed by atoms with Crippen LogP contribution in [0.5, 0.6) is 0 Å². The molecule has 0 aliphatic carbocycles. The van der Waals surface area contributed by atoms with Crippen LogP contribution in [0.2, 0.25) is 0 Å². The standard InChI is InChI=1S/C22H21FN2/c1-21(2)16-9-6-5-8-14(16)20(25-22(21,3)4)19-13-12-15-17(23)10-7-11-18(15)24-19/h5-13H,1-4H3. The molecule has 25 heavy (non-hydrogen) atoms. The van der Waals surface area contributed by atoms with Gasteiger partial charge in [-0.2, -0.15) is 0 Å². The minimum Gasteiger partial charge on any atom is -0.275 e. The highest BCUT2D eigenvalue weighted by molar-refractivity contribution is 6.14. The molecule has 0 fully saturated rings. The van der Waals surface area contributed by atoms with E-state index in [1.165, 1.54) is 11.6 Å². The molecule has 3 heteroatoms. The van der Waals surface area contributed by atoms with E-state index in [9.17, 15) is 4.39 Å². The van der Waals surface area contributed by atoms with Gasteiger partial charge in [-0.25, -0.2) is 9.37 Å². The van der Waals surface area contributed by atoms with E-state index in [-0.39, 0.29) is 16.8 Å². The lowest BCUT2D eigenvalue weighted by Crippen LogP contribution is -2.46. The predicted octanol–water partition coefficient (Wildman–Crippen LogP) is 5.28. The van der Waals surface area contributed by atoms with Crippen molar-refractivity contribution in [3.8, 4) is 0 Å². The molecule has 0 bridgehead atoms. The van der Waals surface area contributed by atoms with Crippen molar-refractivity contribution in [2.75, 3.05) is 0 Å². The average molecular weight is 332 g/mol. The van der Waals surface area contributed by atoms with Gasteiger partial charge in [-0.1, -0.05) is 44.2 Å². The van der Waals surface area contributed by atoms with Crippen molar-refractivity contribution in [3.05, 3.63) is 77.2 Å². The van der Waals surface area contributed by atoms with Crippen molar-refractivity contribution in [2.24, 2.45) is 4.99 Å². The zero-order valence-electron chi connectivity index (χ0n) is 15.0. The minimum atomic E-state index is -0.269. The Bertz CT molecular complexity index is 1020. The molecule has 0 N–H and O–H groups in total. The van der Waals surface area contributed by atoms with Crippen LogP contribution in [0.15, 0.2) is 59.6 Å². The first-order chi connectivity index (χ1) is 11.8. The van der Waals surface area contributed by atoms with Crippen LogP contribution in [0, 0.1) is 5.82 Å². The first kappa shape index (κ1) is 15.9. The maximum Gasteiger partial charge on any atom is 0.132 e. The summed E-state index contributed by atoms with van der Waals surface area (Å²) in [6.07, 6.45) is 0. The molecule has 0 radical (unpaired) electrons. The van der Waals surface area contributed by atoms with Crippen LogP contribution in [0.3, 0.4) is 0 Å². The Morgan fingerprint density at radius 3 is 2.40 bits per heavy atom. The van der Waals surface area contributed by atoms with Crippen molar-refractivity contribution < 1.29 is 4.39 Å². The monoisotopic (exact) mass is 332 g/mol. The van der Waals surface area contributed by atoms with Gasteiger partial charge in [0.15, 0.2) is 0 Å². The SMILES string of the molecule is CC1(C)N=C(c2ccc3c(F)cccc3n2)c2ccccc2C1(C)C. The Kier molecular flexibility index (Phi) is 3.33. The van der Waals surface area contributed by atoms with Crippen LogP contribution in [0.25, 0.3) is 10.9 Å². The first-order valence-electron chi connectivity index (χ1n) is 8.57. The van der Waals surface area contributed by atoms with Gasteiger partial charge in [0.25, 0.3) is 0 Å². The molecule has 3 aromatic rings. The number of fused-ring (bicyclic) bond motifs is 2. The summed E-state index contributed by atoms with van der Waals surface area (Å²) in [4.78, 5) is 9.77. The summed E-state index contributed by atoms with van der Waals surface area (Å²) >= 11 is 0. The molecule has 126 valence electrons. The first-order valence-corrected chi connectivity index (χ1v) is 8.57. The fraction of sp³-hybridized carbons (Fsp3) is 0.273. The molecule has 0 amide bonds. The van der Waals surface area contributed by atoms with Crippen molar-refractivity contribution in [1.82, 2.24) is 4.98 Å². The van der Waals surface area contributed by atoms with E-state index in [1.807, 2.05) is 18.2 Å². The molecule has 0 saturated heterocycles. The number of aliphatic imine (C=N–C) groups is 1. The number of pyridine rings is 1. The summed E-state index contributed by atoms with van der Waals surface area (Å²) in [7, 11) is 0. The molecular weight excluding hydrogens is 311 g/mol. The van der Waals surface area contributed by atoms with Gasteiger partial charge in [-0.3, -0.25) is 4.99 Å². The molecular formula is C22H21FN2. The second-order valence-corrected chi connectivity index (χ2v) is 7.69. The van der Waals surface area contributed by atoms with Crippen LogP contribution in [0.4, 0.5) is 4.39 Å². The molecule has 0 spiro atoms. The van der Waals surface area contributed by atoms with Crippen molar-refractivity contribution in [1.29, 1.82) is 0 Å². The van der Waals surface area contributed by atoms with E-state index >= 15 is 0 Å². The number of benzene rings is 2. The fourth-order valence-electron chi connectivity index (χ4n) is 3.49. The maximum absolute atomic E-state index is 14.0. The van der Waals surface area contributed by atoms with Gasteiger partial charge in [0.05, 0.1) is 22.5 Å². The smallest absolute Gasteiger partial charge is 0.132 e. The fourth-order valence-corrected chi connectivity index (χ4v) is 3.49. The normalized spacial score (nSPS) is 17.9. The van der Waals surface area contributed by atoms with Gasteiger partial charge < -0.3 is 0 Å². The van der Waals surface area contributed by atoms with Crippen LogP contribution in [-0.4, -0.2) is 16.2 Å². The van der Waals surface area contributed by atoms with E-state index in [1.54, 1.807) is 12.1 Å². The van der Waals surface area contributed by atoms with Crippen molar-refractivity contribution in [3.63, 3.8) is 0 Å². The molecule has 1 aromatic heterocycles. The lowest BCUT2D eigenvalue weighted by Gasteiger charge is -2.44. The average Bonchev–Trinajstić information content (AvgIpc) is 2.58. The third kappa shape index (κ3) is 2.30. The highest BCUT2D eigenvalue weighted by Gasteiger charge is 2.43. The van der Waals surface area contributed by atoms with Crippen molar-refractivity contribution in [2.45, 2.75) is 38.6 Å². The number of hydrogen-bond donors (Lipinski definition) is 0. The van der Waals surface area contributed by atoms with E-state index in [2.05, 4.69) is 45.9 Å². The maximum atomic E-state index is 14.0. The van der Waals surface area contributed by atoms with Crippen LogP contribution < -0.4 is 0 Å². The van der Waals surface area contributed by atoms with Crippen LogP contribution in [0.1, 0.15) is 44.5 Å². The Balaban J connectivity index is 1.97. The summed E-state index contributed by atoms with van der Waals surface area (Å²) in [5.74, 6) is -0.246. The summed E-state index contributed by atoms with van der Waals surface area (Å²) in [5, 5.41) is 0.538. The van der Waals surface area contributed by atoms with Crippen LogP contribution in [-0.2, 0) is 5.41 Å². The number of nitrogens with zero attached hydrogens (tertiary/aromatic N) is 2. The zero-order valence-corrected chi connectivity index (χ0v) is 15.0. The van der Waals surface area contributed by atoms with E-state index in [4.69, 9.17) is 9.98 Å². The Morgan fingerprint density at radius 2 is 1.60 bits per heavy atom.